The molecule has 0 bridgehead atoms. The van der Waals surface area contributed by atoms with E-state index in [0.29, 0.717) is 5.02 Å². The Labute approximate surface area is 105 Å². The molecule has 84 valence electrons. The summed E-state index contributed by atoms with van der Waals surface area (Å²) in [4.78, 5) is 0. The van der Waals surface area contributed by atoms with Gasteiger partial charge in [0.15, 0.2) is 0 Å². The molecule has 0 fully saturated rings. The largest absolute Gasteiger partial charge is 0.492 e. The van der Waals surface area contributed by atoms with Gasteiger partial charge in [-0.2, -0.15) is 0 Å². The molecule has 0 N–H and O–H groups in total. The summed E-state index contributed by atoms with van der Waals surface area (Å²) in [5, 5.41) is 1.76. The van der Waals surface area contributed by atoms with Crippen LogP contribution in [0.15, 0.2) is 18.2 Å². The van der Waals surface area contributed by atoms with Gasteiger partial charge < -0.3 is 4.74 Å². The first-order chi connectivity index (χ1) is 7.24. The van der Waals surface area contributed by atoms with E-state index >= 15 is 0 Å². The molecule has 0 atom stereocenters. The van der Waals surface area contributed by atoms with Crippen molar-refractivity contribution in [3.05, 3.63) is 28.8 Å². The van der Waals surface area contributed by atoms with Crippen molar-refractivity contribution < 1.29 is 4.74 Å². The van der Waals surface area contributed by atoms with Crippen LogP contribution >= 0.6 is 27.5 Å². The number of hydrogen-bond donors (Lipinski definition) is 0. The van der Waals surface area contributed by atoms with Crippen LogP contribution in [0.4, 0.5) is 0 Å². The maximum absolute atomic E-state index is 6.00. The standard InChI is InChI=1S/C12H16BrClO/c1-10-5-6-11(14)12(9-10)15-8-4-2-3-7-13/h5-6,9H,2-4,7-8H2,1H3. The summed E-state index contributed by atoms with van der Waals surface area (Å²) in [5.41, 5.74) is 1.18. The lowest BCUT2D eigenvalue weighted by Gasteiger charge is -2.08. The molecule has 1 nitrogen and oxygen atoms in total. The predicted molar refractivity (Wildman–Crippen MR) is 69.3 cm³/mol. The Balaban J connectivity index is 2.33. The monoisotopic (exact) mass is 290 g/mol. The molecule has 0 aliphatic heterocycles. The Morgan fingerprint density at radius 1 is 1.27 bits per heavy atom. The third kappa shape index (κ3) is 4.89. The fourth-order valence-electron chi connectivity index (χ4n) is 1.28. The Kier molecular flexibility index (Phi) is 6.11. The quantitative estimate of drug-likeness (QED) is 0.550. The van der Waals surface area contributed by atoms with Gasteiger partial charge in [-0.15, -0.1) is 0 Å². The molecule has 3 heteroatoms. The Morgan fingerprint density at radius 3 is 2.80 bits per heavy atom. The maximum atomic E-state index is 6.00. The van der Waals surface area contributed by atoms with Gasteiger partial charge in [0.2, 0.25) is 0 Å². The van der Waals surface area contributed by atoms with Crippen LogP contribution in [0, 0.1) is 6.92 Å². The van der Waals surface area contributed by atoms with E-state index in [1.807, 2.05) is 25.1 Å². The maximum Gasteiger partial charge on any atom is 0.138 e. The molecule has 0 aliphatic carbocycles. The molecule has 0 radical (unpaired) electrons. The molecule has 1 rings (SSSR count). The van der Waals surface area contributed by atoms with Crippen LogP contribution in [-0.2, 0) is 0 Å². The molecule has 0 aromatic heterocycles. The topological polar surface area (TPSA) is 9.23 Å². The van der Waals surface area contributed by atoms with Gasteiger partial charge in [0.05, 0.1) is 11.6 Å². The number of rotatable bonds is 6. The summed E-state index contributed by atoms with van der Waals surface area (Å²) < 4.78 is 5.62. The van der Waals surface area contributed by atoms with Crippen LogP contribution in [0.5, 0.6) is 5.75 Å². The van der Waals surface area contributed by atoms with Crippen molar-refractivity contribution in [3.63, 3.8) is 0 Å². The first kappa shape index (κ1) is 12.9. The van der Waals surface area contributed by atoms with Crippen LogP contribution in [0.1, 0.15) is 24.8 Å². The molecule has 1 aromatic rings. The highest BCUT2D eigenvalue weighted by Crippen LogP contribution is 2.25. The lowest BCUT2D eigenvalue weighted by atomic mass is 10.2. The van der Waals surface area contributed by atoms with Crippen molar-refractivity contribution in [2.24, 2.45) is 0 Å². The highest BCUT2D eigenvalue weighted by Gasteiger charge is 2.00. The minimum absolute atomic E-state index is 0.695. The summed E-state index contributed by atoms with van der Waals surface area (Å²) in [7, 11) is 0. The third-order valence-corrected chi connectivity index (χ3v) is 3.00. The van der Waals surface area contributed by atoms with Gasteiger partial charge in [0, 0.05) is 5.33 Å². The van der Waals surface area contributed by atoms with Crippen molar-refractivity contribution >= 4 is 27.5 Å². The molecule has 0 amide bonds. The second-order valence-electron chi connectivity index (χ2n) is 3.53. The molecule has 0 heterocycles. The number of unbranched alkanes of at least 4 members (excludes halogenated alkanes) is 2. The van der Waals surface area contributed by atoms with E-state index in [-0.39, 0.29) is 0 Å². The molecule has 0 spiro atoms. The van der Waals surface area contributed by atoms with Crippen LogP contribution in [0.3, 0.4) is 0 Å². The van der Waals surface area contributed by atoms with Gasteiger partial charge in [0.25, 0.3) is 0 Å². The summed E-state index contributed by atoms with van der Waals surface area (Å²) in [6, 6.07) is 5.84. The molecule has 0 saturated carbocycles. The molecule has 0 saturated heterocycles. The average molecular weight is 292 g/mol. The highest BCUT2D eigenvalue weighted by atomic mass is 79.9. The van der Waals surface area contributed by atoms with E-state index in [1.165, 1.54) is 18.4 Å². The summed E-state index contributed by atoms with van der Waals surface area (Å²) in [6.07, 6.45) is 3.47. The van der Waals surface area contributed by atoms with E-state index in [2.05, 4.69) is 15.9 Å². The minimum atomic E-state index is 0.695. The lowest BCUT2D eigenvalue weighted by Crippen LogP contribution is -1.98. The highest BCUT2D eigenvalue weighted by molar-refractivity contribution is 9.09. The zero-order valence-electron chi connectivity index (χ0n) is 8.93. The van der Waals surface area contributed by atoms with Gasteiger partial charge in [-0.25, -0.2) is 0 Å². The molecular weight excluding hydrogens is 275 g/mol. The van der Waals surface area contributed by atoms with Crippen molar-refractivity contribution in [1.82, 2.24) is 0 Å². The summed E-state index contributed by atoms with van der Waals surface area (Å²) >= 11 is 9.41. The zero-order chi connectivity index (χ0) is 11.1. The normalized spacial score (nSPS) is 10.3. The van der Waals surface area contributed by atoms with Gasteiger partial charge in [-0.1, -0.05) is 33.6 Å². The van der Waals surface area contributed by atoms with Crippen LogP contribution in [0.2, 0.25) is 5.02 Å². The van der Waals surface area contributed by atoms with Crippen molar-refractivity contribution in [2.45, 2.75) is 26.2 Å². The first-order valence-electron chi connectivity index (χ1n) is 5.19. The average Bonchev–Trinajstić information content (AvgIpc) is 2.23. The van der Waals surface area contributed by atoms with Gasteiger partial charge in [-0.05, 0) is 43.9 Å². The molecule has 0 unspecified atom stereocenters. The third-order valence-electron chi connectivity index (χ3n) is 2.12. The first-order valence-corrected chi connectivity index (χ1v) is 6.69. The fraction of sp³-hybridized carbons (Fsp3) is 0.500. The number of alkyl halides is 1. The Bertz CT molecular complexity index is 302. The van der Waals surface area contributed by atoms with E-state index in [1.54, 1.807) is 0 Å². The SMILES string of the molecule is Cc1ccc(Cl)c(OCCCCCBr)c1. The van der Waals surface area contributed by atoms with Crippen molar-refractivity contribution in [2.75, 3.05) is 11.9 Å². The molecule has 15 heavy (non-hydrogen) atoms. The number of aryl methyl sites for hydroxylation is 1. The molecule has 0 aliphatic rings. The van der Waals surface area contributed by atoms with E-state index in [0.717, 1.165) is 24.1 Å². The van der Waals surface area contributed by atoms with Crippen LogP contribution < -0.4 is 4.74 Å². The second kappa shape index (κ2) is 7.13. The van der Waals surface area contributed by atoms with Gasteiger partial charge in [0.1, 0.15) is 5.75 Å². The Morgan fingerprint density at radius 2 is 2.07 bits per heavy atom. The number of ether oxygens (including phenoxy) is 1. The van der Waals surface area contributed by atoms with Crippen LogP contribution in [-0.4, -0.2) is 11.9 Å². The van der Waals surface area contributed by atoms with Gasteiger partial charge >= 0.3 is 0 Å². The Hall–Kier alpha value is -0.210. The smallest absolute Gasteiger partial charge is 0.138 e. The predicted octanol–water partition coefficient (Wildman–Crippen LogP) is 4.59. The number of benzene rings is 1. The van der Waals surface area contributed by atoms with Crippen molar-refractivity contribution in [3.8, 4) is 5.75 Å². The lowest BCUT2D eigenvalue weighted by molar-refractivity contribution is 0.306. The van der Waals surface area contributed by atoms with E-state index < -0.39 is 0 Å². The number of hydrogen-bond acceptors (Lipinski definition) is 1. The number of halogens is 2. The van der Waals surface area contributed by atoms with Crippen molar-refractivity contribution in [1.29, 1.82) is 0 Å². The second-order valence-corrected chi connectivity index (χ2v) is 4.73. The minimum Gasteiger partial charge on any atom is -0.492 e. The molecular formula is C12H16BrClO. The van der Waals surface area contributed by atoms with E-state index in [4.69, 9.17) is 16.3 Å². The summed E-state index contributed by atoms with van der Waals surface area (Å²) in [6.45, 7) is 2.78. The van der Waals surface area contributed by atoms with E-state index in [9.17, 15) is 0 Å². The summed E-state index contributed by atoms with van der Waals surface area (Å²) in [5.74, 6) is 0.801. The van der Waals surface area contributed by atoms with Crippen LogP contribution in [0.25, 0.3) is 0 Å². The zero-order valence-corrected chi connectivity index (χ0v) is 11.3. The molecule has 1 aromatic carbocycles. The fourth-order valence-corrected chi connectivity index (χ4v) is 1.85. The van der Waals surface area contributed by atoms with Gasteiger partial charge in [-0.3, -0.25) is 0 Å².